The molecule has 0 bridgehead atoms. The summed E-state index contributed by atoms with van der Waals surface area (Å²) < 4.78 is 6.79. The number of hydrogen-bond donors (Lipinski definition) is 1. The third-order valence-corrected chi connectivity index (χ3v) is 2.30. The van der Waals surface area contributed by atoms with E-state index < -0.39 is 0 Å². The lowest BCUT2D eigenvalue weighted by Crippen LogP contribution is -2.02. The second kappa shape index (κ2) is 4.92. The van der Waals surface area contributed by atoms with Crippen LogP contribution in [0.4, 0.5) is 5.82 Å². The van der Waals surface area contributed by atoms with Crippen molar-refractivity contribution in [2.24, 2.45) is 7.05 Å². The first kappa shape index (κ1) is 11.5. The van der Waals surface area contributed by atoms with Gasteiger partial charge in [-0.3, -0.25) is 4.68 Å². The van der Waals surface area contributed by atoms with E-state index in [0.717, 1.165) is 17.1 Å². The molecule has 2 aromatic rings. The van der Waals surface area contributed by atoms with Gasteiger partial charge in [-0.05, 0) is 0 Å². The van der Waals surface area contributed by atoms with Crippen LogP contribution >= 0.6 is 0 Å². The highest BCUT2D eigenvalue weighted by Gasteiger charge is 2.07. The van der Waals surface area contributed by atoms with Gasteiger partial charge in [0, 0.05) is 39.0 Å². The van der Waals surface area contributed by atoms with Crippen molar-refractivity contribution in [1.82, 2.24) is 19.7 Å². The van der Waals surface area contributed by atoms with E-state index in [1.165, 1.54) is 0 Å². The largest absolute Gasteiger partial charge is 0.377 e. The van der Waals surface area contributed by atoms with E-state index in [1.54, 1.807) is 18.0 Å². The predicted octanol–water partition coefficient (Wildman–Crippen LogP) is 1.07. The Balaban J connectivity index is 2.42. The molecule has 0 radical (unpaired) electrons. The quantitative estimate of drug-likeness (QED) is 0.855. The monoisotopic (exact) mass is 233 g/mol. The maximum atomic E-state index is 5.05. The molecule has 6 heteroatoms. The van der Waals surface area contributed by atoms with Crippen LogP contribution in [0.25, 0.3) is 11.3 Å². The van der Waals surface area contributed by atoms with E-state index in [4.69, 9.17) is 4.74 Å². The van der Waals surface area contributed by atoms with Crippen LogP contribution in [0.5, 0.6) is 0 Å². The van der Waals surface area contributed by atoms with Gasteiger partial charge in [0.1, 0.15) is 12.4 Å². The molecule has 0 aliphatic rings. The lowest BCUT2D eigenvalue weighted by molar-refractivity contribution is 0.178. The number of methoxy groups -OCH3 is 1. The average molecular weight is 233 g/mol. The fourth-order valence-corrected chi connectivity index (χ4v) is 1.52. The molecular weight excluding hydrogens is 218 g/mol. The van der Waals surface area contributed by atoms with Crippen LogP contribution in [0.3, 0.4) is 0 Å². The summed E-state index contributed by atoms with van der Waals surface area (Å²) in [5.41, 5.74) is 1.80. The summed E-state index contributed by atoms with van der Waals surface area (Å²) in [7, 11) is 5.32. The van der Waals surface area contributed by atoms with Crippen molar-refractivity contribution < 1.29 is 4.74 Å². The van der Waals surface area contributed by atoms with Crippen LogP contribution in [-0.2, 0) is 18.4 Å². The molecule has 0 atom stereocenters. The second-order valence-corrected chi connectivity index (χ2v) is 3.64. The summed E-state index contributed by atoms with van der Waals surface area (Å²) in [6.45, 7) is 0.392. The Bertz CT molecular complexity index is 508. The molecule has 0 spiro atoms. The SMILES string of the molecule is CNc1cc(-c2cnn(C)c2)nc(COC)n1. The van der Waals surface area contributed by atoms with E-state index in [0.29, 0.717) is 12.4 Å². The van der Waals surface area contributed by atoms with Gasteiger partial charge in [0.2, 0.25) is 0 Å². The lowest BCUT2D eigenvalue weighted by atomic mass is 10.2. The van der Waals surface area contributed by atoms with Crippen LogP contribution in [0, 0.1) is 0 Å². The summed E-state index contributed by atoms with van der Waals surface area (Å²) in [6, 6.07) is 1.89. The van der Waals surface area contributed by atoms with Gasteiger partial charge in [-0.15, -0.1) is 0 Å². The maximum absolute atomic E-state index is 5.05. The zero-order chi connectivity index (χ0) is 12.3. The smallest absolute Gasteiger partial charge is 0.157 e. The van der Waals surface area contributed by atoms with Gasteiger partial charge >= 0.3 is 0 Å². The number of nitrogens with one attached hydrogen (secondary N) is 1. The highest BCUT2D eigenvalue weighted by Crippen LogP contribution is 2.19. The van der Waals surface area contributed by atoms with Gasteiger partial charge in [0.25, 0.3) is 0 Å². The molecule has 2 aromatic heterocycles. The average Bonchev–Trinajstić information content (AvgIpc) is 2.76. The molecule has 1 N–H and O–H groups in total. The van der Waals surface area contributed by atoms with Crippen molar-refractivity contribution in [3.05, 3.63) is 24.3 Å². The van der Waals surface area contributed by atoms with E-state index >= 15 is 0 Å². The van der Waals surface area contributed by atoms with Crippen molar-refractivity contribution >= 4 is 5.82 Å². The Morgan fingerprint density at radius 2 is 2.24 bits per heavy atom. The Hall–Kier alpha value is -1.95. The number of aromatic nitrogens is 4. The Morgan fingerprint density at radius 3 is 2.82 bits per heavy atom. The molecule has 0 aromatic carbocycles. The molecular formula is C11H15N5O. The zero-order valence-corrected chi connectivity index (χ0v) is 10.1. The van der Waals surface area contributed by atoms with Crippen LogP contribution in [-0.4, -0.2) is 33.9 Å². The molecule has 17 heavy (non-hydrogen) atoms. The third kappa shape index (κ3) is 2.59. The number of anilines is 1. The number of rotatable bonds is 4. The van der Waals surface area contributed by atoms with Crippen LogP contribution < -0.4 is 5.32 Å². The summed E-state index contributed by atoms with van der Waals surface area (Å²) >= 11 is 0. The fourth-order valence-electron chi connectivity index (χ4n) is 1.52. The topological polar surface area (TPSA) is 64.9 Å². The molecule has 6 nitrogen and oxygen atoms in total. The molecule has 0 saturated heterocycles. The summed E-state index contributed by atoms with van der Waals surface area (Å²) in [4.78, 5) is 8.72. The van der Waals surface area contributed by atoms with Crippen molar-refractivity contribution in [1.29, 1.82) is 0 Å². The summed E-state index contributed by atoms with van der Waals surface area (Å²) in [5, 5.41) is 7.14. The lowest BCUT2D eigenvalue weighted by Gasteiger charge is -2.05. The Morgan fingerprint density at radius 1 is 1.41 bits per heavy atom. The first-order valence-electron chi connectivity index (χ1n) is 5.26. The van der Waals surface area contributed by atoms with E-state index in [1.807, 2.05) is 26.4 Å². The second-order valence-electron chi connectivity index (χ2n) is 3.64. The van der Waals surface area contributed by atoms with E-state index in [9.17, 15) is 0 Å². The minimum Gasteiger partial charge on any atom is -0.377 e. The van der Waals surface area contributed by atoms with Gasteiger partial charge < -0.3 is 10.1 Å². The van der Waals surface area contributed by atoms with Gasteiger partial charge in [-0.2, -0.15) is 5.10 Å². The van der Waals surface area contributed by atoms with Crippen LogP contribution in [0.1, 0.15) is 5.82 Å². The molecule has 0 aliphatic carbocycles. The minimum atomic E-state index is 0.392. The summed E-state index contributed by atoms with van der Waals surface area (Å²) in [6.07, 6.45) is 3.69. The standard InChI is InChI=1S/C11H15N5O/c1-12-10-4-9(8-5-13-16(2)6-8)14-11(15-10)7-17-3/h4-6H,7H2,1-3H3,(H,12,14,15). The van der Waals surface area contributed by atoms with E-state index in [2.05, 4.69) is 20.4 Å². The number of ether oxygens (including phenoxy) is 1. The fraction of sp³-hybridized carbons (Fsp3) is 0.364. The number of nitrogens with zero attached hydrogens (tertiary/aromatic N) is 4. The molecule has 0 amide bonds. The molecule has 2 rings (SSSR count). The van der Waals surface area contributed by atoms with Crippen molar-refractivity contribution in [3.8, 4) is 11.3 Å². The molecule has 2 heterocycles. The van der Waals surface area contributed by atoms with E-state index in [-0.39, 0.29) is 0 Å². The minimum absolute atomic E-state index is 0.392. The van der Waals surface area contributed by atoms with Crippen molar-refractivity contribution in [2.45, 2.75) is 6.61 Å². The first-order valence-corrected chi connectivity index (χ1v) is 5.26. The van der Waals surface area contributed by atoms with Crippen molar-refractivity contribution in [2.75, 3.05) is 19.5 Å². The number of hydrogen-bond acceptors (Lipinski definition) is 5. The zero-order valence-electron chi connectivity index (χ0n) is 10.1. The molecule has 0 fully saturated rings. The maximum Gasteiger partial charge on any atom is 0.157 e. The highest BCUT2D eigenvalue weighted by molar-refractivity contribution is 5.60. The van der Waals surface area contributed by atoms with Crippen LogP contribution in [0.2, 0.25) is 0 Å². The van der Waals surface area contributed by atoms with Crippen LogP contribution in [0.15, 0.2) is 18.5 Å². The molecule has 0 saturated carbocycles. The Kier molecular flexibility index (Phi) is 3.34. The normalized spacial score (nSPS) is 10.5. The third-order valence-electron chi connectivity index (χ3n) is 2.30. The van der Waals surface area contributed by atoms with Crippen molar-refractivity contribution in [3.63, 3.8) is 0 Å². The molecule has 90 valence electrons. The summed E-state index contributed by atoms with van der Waals surface area (Å²) in [5.74, 6) is 1.42. The molecule has 0 unspecified atom stereocenters. The van der Waals surface area contributed by atoms with Gasteiger partial charge in [-0.1, -0.05) is 0 Å². The highest BCUT2D eigenvalue weighted by atomic mass is 16.5. The first-order chi connectivity index (χ1) is 8.22. The van der Waals surface area contributed by atoms with Gasteiger partial charge in [0.15, 0.2) is 5.82 Å². The molecule has 0 aliphatic heterocycles. The Labute approximate surface area is 99.7 Å². The predicted molar refractivity (Wildman–Crippen MR) is 64.5 cm³/mol. The number of aryl methyl sites for hydroxylation is 1. The van der Waals surface area contributed by atoms with Gasteiger partial charge in [-0.25, -0.2) is 9.97 Å². The van der Waals surface area contributed by atoms with Gasteiger partial charge in [0.05, 0.1) is 11.9 Å².